The van der Waals surface area contributed by atoms with E-state index in [4.69, 9.17) is 5.73 Å². The Morgan fingerprint density at radius 3 is 2.40 bits per heavy atom. The van der Waals surface area contributed by atoms with Crippen molar-refractivity contribution in [2.75, 3.05) is 31.2 Å². The number of halogens is 4. The molecule has 1 aliphatic heterocycles. The van der Waals surface area contributed by atoms with Crippen LogP contribution < -0.4 is 16.4 Å². The molecule has 0 spiro atoms. The molecule has 1 fully saturated rings. The van der Waals surface area contributed by atoms with E-state index in [0.717, 1.165) is 36.7 Å². The van der Waals surface area contributed by atoms with Crippen molar-refractivity contribution in [2.45, 2.75) is 30.8 Å². The highest BCUT2D eigenvalue weighted by Crippen LogP contribution is 2.30. The summed E-state index contributed by atoms with van der Waals surface area (Å²) in [5.41, 5.74) is 6.82. The SMILES string of the molecule is CS(=O)(=O)N1CCNC[C@@H]1CCc1c(F)cncc1NC(=O)[C@@H](N)[C@@H](c1ccc(F)cc1)c1cc(F)cc(F)c1. The minimum atomic E-state index is -3.48. The van der Waals surface area contributed by atoms with Crippen molar-refractivity contribution in [1.82, 2.24) is 14.6 Å². The molecule has 0 bridgehead atoms. The average molecular weight is 580 g/mol. The van der Waals surface area contributed by atoms with Gasteiger partial charge < -0.3 is 16.4 Å². The van der Waals surface area contributed by atoms with Gasteiger partial charge in [0, 0.05) is 43.2 Å². The summed E-state index contributed by atoms with van der Waals surface area (Å²) in [6.45, 7) is 1.17. The largest absolute Gasteiger partial charge is 0.323 e. The van der Waals surface area contributed by atoms with Crippen LogP contribution in [0.4, 0.5) is 23.2 Å². The molecule has 4 rings (SSSR count). The van der Waals surface area contributed by atoms with Gasteiger partial charge in [-0.15, -0.1) is 0 Å². The third-order valence-electron chi connectivity index (χ3n) is 6.85. The quantitative estimate of drug-likeness (QED) is 0.336. The second kappa shape index (κ2) is 12.4. The zero-order chi connectivity index (χ0) is 29.0. The van der Waals surface area contributed by atoms with Crippen LogP contribution in [0.25, 0.3) is 0 Å². The zero-order valence-corrected chi connectivity index (χ0v) is 22.4. The Morgan fingerprint density at radius 2 is 1.75 bits per heavy atom. The fraction of sp³-hybridized carbons (Fsp3) is 0.333. The maximum Gasteiger partial charge on any atom is 0.242 e. The number of aromatic nitrogens is 1. The number of nitrogens with two attached hydrogens (primary N) is 1. The monoisotopic (exact) mass is 579 g/mol. The first kappa shape index (κ1) is 29.6. The second-order valence-electron chi connectivity index (χ2n) is 9.66. The van der Waals surface area contributed by atoms with Crippen molar-refractivity contribution in [3.63, 3.8) is 0 Å². The molecule has 2 aromatic carbocycles. The average Bonchev–Trinajstić information content (AvgIpc) is 2.88. The van der Waals surface area contributed by atoms with Crippen molar-refractivity contribution in [1.29, 1.82) is 0 Å². The van der Waals surface area contributed by atoms with Gasteiger partial charge in [-0.3, -0.25) is 9.78 Å². The fourth-order valence-corrected chi connectivity index (χ4v) is 6.10. The highest BCUT2D eigenvalue weighted by molar-refractivity contribution is 7.88. The lowest BCUT2D eigenvalue weighted by molar-refractivity contribution is -0.117. The molecule has 0 saturated carbocycles. The Balaban J connectivity index is 1.59. The standard InChI is InChI=1S/C27H29F4N5O3S/c1-40(38,39)36-9-8-33-13-21(36)6-7-22-23(31)14-34-15-24(22)35-27(37)26(32)25(16-2-4-18(28)5-3-16)17-10-19(29)12-20(30)11-17/h2-5,10-12,14-15,21,25-26,33H,6-9,13,32H2,1H3,(H,35,37)/t21-,25-,26-/m0/s1. The molecule has 1 aliphatic rings. The maximum atomic E-state index is 14.9. The Bertz CT molecular complexity index is 1450. The molecular formula is C27H29F4N5O3S. The van der Waals surface area contributed by atoms with Crippen LogP contribution in [0.1, 0.15) is 29.0 Å². The molecule has 214 valence electrons. The Hall–Kier alpha value is -3.39. The van der Waals surface area contributed by atoms with Gasteiger partial charge in [-0.05, 0) is 48.2 Å². The van der Waals surface area contributed by atoms with Crippen LogP contribution in [0.3, 0.4) is 0 Å². The topological polar surface area (TPSA) is 117 Å². The van der Waals surface area contributed by atoms with Crippen molar-refractivity contribution in [3.05, 3.63) is 94.8 Å². The van der Waals surface area contributed by atoms with Gasteiger partial charge >= 0.3 is 0 Å². The fourth-order valence-electron chi connectivity index (χ4n) is 4.96. The summed E-state index contributed by atoms with van der Waals surface area (Å²) in [6.07, 6.45) is 3.68. The van der Waals surface area contributed by atoms with E-state index in [1.54, 1.807) is 0 Å². The molecule has 2 heterocycles. The number of sulfonamides is 1. The molecule has 1 saturated heterocycles. The highest BCUT2D eigenvalue weighted by Gasteiger charge is 2.31. The Kier molecular flexibility index (Phi) is 9.19. The minimum absolute atomic E-state index is 0.0263. The normalized spacial score (nSPS) is 17.8. The van der Waals surface area contributed by atoms with Gasteiger partial charge in [-0.1, -0.05) is 12.1 Å². The van der Waals surface area contributed by atoms with E-state index in [-0.39, 0.29) is 36.2 Å². The van der Waals surface area contributed by atoms with Crippen molar-refractivity contribution >= 4 is 21.6 Å². The molecule has 3 aromatic rings. The van der Waals surface area contributed by atoms with E-state index in [1.165, 1.54) is 22.6 Å². The molecule has 1 aromatic heterocycles. The predicted octanol–water partition coefficient (Wildman–Crippen LogP) is 2.90. The van der Waals surface area contributed by atoms with Crippen LogP contribution in [0.15, 0.2) is 54.9 Å². The summed E-state index contributed by atoms with van der Waals surface area (Å²) in [5, 5.41) is 5.69. The summed E-state index contributed by atoms with van der Waals surface area (Å²) in [6, 6.07) is 5.88. The van der Waals surface area contributed by atoms with Gasteiger partial charge in [0.1, 0.15) is 23.3 Å². The first-order valence-corrected chi connectivity index (χ1v) is 14.4. The lowest BCUT2D eigenvalue weighted by Crippen LogP contribution is -2.53. The first-order valence-electron chi connectivity index (χ1n) is 12.5. The van der Waals surface area contributed by atoms with Crippen molar-refractivity contribution in [3.8, 4) is 0 Å². The molecule has 0 radical (unpaired) electrons. The number of anilines is 1. The second-order valence-corrected chi connectivity index (χ2v) is 11.6. The van der Waals surface area contributed by atoms with Gasteiger partial charge in [0.25, 0.3) is 0 Å². The number of hydrogen-bond acceptors (Lipinski definition) is 6. The first-order chi connectivity index (χ1) is 18.9. The Labute approximate surface area is 229 Å². The number of amides is 1. The van der Waals surface area contributed by atoms with Gasteiger partial charge in [-0.2, -0.15) is 4.31 Å². The molecule has 1 amide bonds. The zero-order valence-electron chi connectivity index (χ0n) is 21.6. The number of benzene rings is 2. The third kappa shape index (κ3) is 7.02. The minimum Gasteiger partial charge on any atom is -0.323 e. The molecule has 0 aliphatic carbocycles. The lowest BCUT2D eigenvalue weighted by Gasteiger charge is -2.34. The van der Waals surface area contributed by atoms with Gasteiger partial charge in [-0.25, -0.2) is 26.0 Å². The van der Waals surface area contributed by atoms with Crippen LogP contribution in [0.2, 0.25) is 0 Å². The van der Waals surface area contributed by atoms with E-state index in [0.29, 0.717) is 24.7 Å². The van der Waals surface area contributed by atoms with Crippen LogP contribution in [0.5, 0.6) is 0 Å². The Morgan fingerprint density at radius 1 is 1.07 bits per heavy atom. The van der Waals surface area contributed by atoms with Crippen LogP contribution in [0, 0.1) is 23.3 Å². The molecule has 40 heavy (non-hydrogen) atoms. The number of rotatable bonds is 9. The number of hydrogen-bond donors (Lipinski definition) is 3. The number of carbonyl (C=O) groups is 1. The summed E-state index contributed by atoms with van der Waals surface area (Å²) in [4.78, 5) is 17.2. The molecule has 3 atom stereocenters. The number of pyridine rings is 1. The smallest absolute Gasteiger partial charge is 0.242 e. The summed E-state index contributed by atoms with van der Waals surface area (Å²) >= 11 is 0. The van der Waals surface area contributed by atoms with Gasteiger partial charge in [0.05, 0.1) is 30.4 Å². The van der Waals surface area contributed by atoms with Gasteiger partial charge in [0.15, 0.2) is 0 Å². The molecule has 0 unspecified atom stereocenters. The number of carbonyl (C=O) groups excluding carboxylic acids is 1. The molecular weight excluding hydrogens is 550 g/mol. The molecule has 13 heteroatoms. The predicted molar refractivity (Wildman–Crippen MR) is 142 cm³/mol. The third-order valence-corrected chi connectivity index (χ3v) is 8.18. The van der Waals surface area contributed by atoms with E-state index < -0.39 is 57.2 Å². The van der Waals surface area contributed by atoms with E-state index in [1.807, 2.05) is 0 Å². The highest BCUT2D eigenvalue weighted by atomic mass is 32.2. The van der Waals surface area contributed by atoms with Crippen LogP contribution in [-0.4, -0.2) is 61.6 Å². The molecule has 4 N–H and O–H groups in total. The maximum absolute atomic E-state index is 14.9. The van der Waals surface area contributed by atoms with E-state index >= 15 is 0 Å². The molecule has 8 nitrogen and oxygen atoms in total. The number of nitrogens with one attached hydrogen (secondary N) is 2. The van der Waals surface area contributed by atoms with Crippen LogP contribution in [-0.2, 0) is 21.2 Å². The lowest BCUT2D eigenvalue weighted by atomic mass is 9.84. The number of nitrogens with zero attached hydrogens (tertiary/aromatic N) is 2. The summed E-state index contributed by atoms with van der Waals surface area (Å²) < 4.78 is 82.4. The van der Waals surface area contributed by atoms with E-state index in [9.17, 15) is 30.8 Å². The van der Waals surface area contributed by atoms with E-state index in [2.05, 4.69) is 15.6 Å². The summed E-state index contributed by atoms with van der Waals surface area (Å²) in [7, 11) is -3.48. The van der Waals surface area contributed by atoms with Crippen LogP contribution >= 0.6 is 0 Å². The van der Waals surface area contributed by atoms with Crippen molar-refractivity contribution in [2.24, 2.45) is 5.73 Å². The summed E-state index contributed by atoms with van der Waals surface area (Å²) in [5.74, 6) is -4.90. The van der Waals surface area contributed by atoms with Crippen molar-refractivity contribution < 1.29 is 30.8 Å². The van der Waals surface area contributed by atoms with Gasteiger partial charge in [0.2, 0.25) is 15.9 Å². The number of piperazine rings is 1.